The van der Waals surface area contributed by atoms with Crippen molar-refractivity contribution in [3.05, 3.63) is 0 Å². The summed E-state index contributed by atoms with van der Waals surface area (Å²) in [6.07, 6.45) is 1.11. The van der Waals surface area contributed by atoms with E-state index >= 15 is 0 Å². The molecule has 1 atom stereocenters. The molecule has 1 fully saturated rings. The fourth-order valence-electron chi connectivity index (χ4n) is 1.42. The van der Waals surface area contributed by atoms with E-state index in [9.17, 15) is 0 Å². The smallest absolute Gasteiger partial charge is 0.0327 e. The summed E-state index contributed by atoms with van der Waals surface area (Å²) in [5, 5.41) is 0. The summed E-state index contributed by atoms with van der Waals surface area (Å²) in [5.41, 5.74) is 6.25. The lowest BCUT2D eigenvalue weighted by Crippen LogP contribution is -2.56. The number of nitrogens with zero attached hydrogens (tertiary/aromatic N) is 1. The van der Waals surface area contributed by atoms with Gasteiger partial charge in [-0.1, -0.05) is 0 Å². The molecule has 0 aliphatic carbocycles. The summed E-state index contributed by atoms with van der Waals surface area (Å²) in [6, 6.07) is 0. The van der Waals surface area contributed by atoms with Gasteiger partial charge in [-0.3, -0.25) is 4.90 Å². The largest absolute Gasteiger partial charge is 0.324 e. The zero-order valence-electron chi connectivity index (χ0n) is 7.44. The maximum absolute atomic E-state index is 6.10. The van der Waals surface area contributed by atoms with Crippen LogP contribution in [0.1, 0.15) is 27.2 Å². The normalized spacial score (nSPS) is 40.5. The molecule has 0 aromatic rings. The lowest BCUT2D eigenvalue weighted by molar-refractivity contribution is 0.159. The Morgan fingerprint density at radius 3 is 1.90 bits per heavy atom. The van der Waals surface area contributed by atoms with E-state index in [1.165, 1.54) is 0 Å². The molecule has 60 valence electrons. The van der Waals surface area contributed by atoms with Crippen LogP contribution in [0.5, 0.6) is 0 Å². The Balaban J connectivity index is 2.84. The highest BCUT2D eigenvalue weighted by Crippen LogP contribution is 2.34. The van der Waals surface area contributed by atoms with Gasteiger partial charge in [0.25, 0.3) is 0 Å². The number of hydrogen-bond acceptors (Lipinski definition) is 2. The third-order valence-corrected chi connectivity index (χ3v) is 3.32. The SMILES string of the molecule is CN1CCC(C)(N)C1(C)C. The van der Waals surface area contributed by atoms with Gasteiger partial charge >= 0.3 is 0 Å². The van der Waals surface area contributed by atoms with Crippen LogP contribution in [-0.4, -0.2) is 29.6 Å². The van der Waals surface area contributed by atoms with Crippen molar-refractivity contribution in [3.8, 4) is 0 Å². The van der Waals surface area contributed by atoms with Crippen molar-refractivity contribution in [3.63, 3.8) is 0 Å². The summed E-state index contributed by atoms with van der Waals surface area (Å²) in [5.74, 6) is 0. The van der Waals surface area contributed by atoms with Gasteiger partial charge in [-0.15, -0.1) is 0 Å². The highest BCUT2D eigenvalue weighted by molar-refractivity contribution is 5.06. The molecule has 2 nitrogen and oxygen atoms in total. The van der Waals surface area contributed by atoms with Crippen molar-refractivity contribution in [1.82, 2.24) is 4.90 Å². The average Bonchev–Trinajstić information content (AvgIpc) is 1.94. The molecule has 1 heterocycles. The Morgan fingerprint density at radius 1 is 1.30 bits per heavy atom. The van der Waals surface area contributed by atoms with E-state index in [1.807, 2.05) is 0 Å². The summed E-state index contributed by atoms with van der Waals surface area (Å²) < 4.78 is 0. The van der Waals surface area contributed by atoms with Gasteiger partial charge in [-0.25, -0.2) is 0 Å². The zero-order valence-corrected chi connectivity index (χ0v) is 7.44. The zero-order chi connectivity index (χ0) is 7.99. The van der Waals surface area contributed by atoms with Crippen LogP contribution in [0.3, 0.4) is 0 Å². The van der Waals surface area contributed by atoms with E-state index in [0.717, 1.165) is 13.0 Å². The van der Waals surface area contributed by atoms with Crippen molar-refractivity contribution in [2.24, 2.45) is 5.73 Å². The first-order chi connectivity index (χ1) is 4.38. The van der Waals surface area contributed by atoms with E-state index in [4.69, 9.17) is 5.73 Å². The molecular formula is C8H18N2. The average molecular weight is 142 g/mol. The van der Waals surface area contributed by atoms with Crippen LogP contribution in [0.4, 0.5) is 0 Å². The van der Waals surface area contributed by atoms with Gasteiger partial charge in [0.2, 0.25) is 0 Å². The molecule has 0 aromatic carbocycles. The summed E-state index contributed by atoms with van der Waals surface area (Å²) in [4.78, 5) is 2.33. The van der Waals surface area contributed by atoms with Crippen molar-refractivity contribution in [2.45, 2.75) is 38.3 Å². The second-order valence-electron chi connectivity index (χ2n) is 4.15. The lowest BCUT2D eigenvalue weighted by Gasteiger charge is -2.38. The van der Waals surface area contributed by atoms with Gasteiger partial charge in [0.05, 0.1) is 0 Å². The third-order valence-electron chi connectivity index (χ3n) is 3.32. The molecule has 0 saturated carbocycles. The van der Waals surface area contributed by atoms with Crippen LogP contribution >= 0.6 is 0 Å². The predicted molar refractivity (Wildman–Crippen MR) is 43.9 cm³/mol. The van der Waals surface area contributed by atoms with Crippen LogP contribution in [0.25, 0.3) is 0 Å². The number of hydrogen-bond donors (Lipinski definition) is 1. The minimum Gasteiger partial charge on any atom is -0.324 e. The predicted octanol–water partition coefficient (Wildman–Crippen LogP) is 0.818. The Labute approximate surface area is 63.4 Å². The quantitative estimate of drug-likeness (QED) is 0.542. The van der Waals surface area contributed by atoms with Gasteiger partial charge in [-0.2, -0.15) is 0 Å². The summed E-state index contributed by atoms with van der Waals surface area (Å²) >= 11 is 0. The van der Waals surface area contributed by atoms with Crippen molar-refractivity contribution in [2.75, 3.05) is 13.6 Å². The summed E-state index contributed by atoms with van der Waals surface area (Å²) in [6.45, 7) is 7.68. The monoisotopic (exact) mass is 142 g/mol. The van der Waals surface area contributed by atoms with Crippen molar-refractivity contribution in [1.29, 1.82) is 0 Å². The van der Waals surface area contributed by atoms with Crippen LogP contribution in [-0.2, 0) is 0 Å². The molecule has 0 radical (unpaired) electrons. The number of rotatable bonds is 0. The van der Waals surface area contributed by atoms with Gasteiger partial charge in [-0.05, 0) is 34.2 Å². The fraction of sp³-hybridized carbons (Fsp3) is 1.00. The first kappa shape index (κ1) is 8.02. The van der Waals surface area contributed by atoms with Gasteiger partial charge < -0.3 is 5.73 Å². The maximum Gasteiger partial charge on any atom is 0.0327 e. The van der Waals surface area contributed by atoms with Gasteiger partial charge in [0, 0.05) is 17.6 Å². The maximum atomic E-state index is 6.10. The van der Waals surface area contributed by atoms with Crippen LogP contribution in [0.2, 0.25) is 0 Å². The minimum atomic E-state index is -0.0122. The highest BCUT2D eigenvalue weighted by Gasteiger charge is 2.45. The van der Waals surface area contributed by atoms with E-state index in [-0.39, 0.29) is 11.1 Å². The van der Waals surface area contributed by atoms with Crippen LogP contribution < -0.4 is 5.73 Å². The molecule has 1 rings (SSSR count). The first-order valence-electron chi connectivity index (χ1n) is 3.88. The molecule has 1 saturated heterocycles. The molecule has 0 aromatic heterocycles. The third kappa shape index (κ3) is 0.867. The minimum absolute atomic E-state index is 0.0122. The van der Waals surface area contributed by atoms with Crippen molar-refractivity contribution >= 4 is 0 Å². The van der Waals surface area contributed by atoms with Crippen LogP contribution in [0, 0.1) is 0 Å². The molecular weight excluding hydrogens is 124 g/mol. The molecule has 0 bridgehead atoms. The van der Waals surface area contributed by atoms with E-state index in [2.05, 4.69) is 32.7 Å². The van der Waals surface area contributed by atoms with Crippen LogP contribution in [0.15, 0.2) is 0 Å². The molecule has 2 heteroatoms. The van der Waals surface area contributed by atoms with Crippen molar-refractivity contribution < 1.29 is 0 Å². The molecule has 10 heavy (non-hydrogen) atoms. The Kier molecular flexibility index (Phi) is 1.57. The molecule has 0 amide bonds. The molecule has 1 aliphatic rings. The fourth-order valence-corrected chi connectivity index (χ4v) is 1.42. The van der Waals surface area contributed by atoms with E-state index in [1.54, 1.807) is 0 Å². The van der Waals surface area contributed by atoms with E-state index < -0.39 is 0 Å². The first-order valence-corrected chi connectivity index (χ1v) is 3.88. The second-order valence-corrected chi connectivity index (χ2v) is 4.15. The van der Waals surface area contributed by atoms with Gasteiger partial charge in [0.1, 0.15) is 0 Å². The highest BCUT2D eigenvalue weighted by atomic mass is 15.2. The topological polar surface area (TPSA) is 29.3 Å². The molecule has 0 spiro atoms. The number of likely N-dealkylation sites (tertiary alicyclic amines) is 1. The number of likely N-dealkylation sites (N-methyl/N-ethyl adjacent to an activating group) is 1. The standard InChI is InChI=1S/C8H18N2/c1-7(2)8(3,9)5-6-10(7)4/h5-6,9H2,1-4H3. The Bertz CT molecular complexity index is 138. The Hall–Kier alpha value is -0.0800. The molecule has 2 N–H and O–H groups in total. The second kappa shape index (κ2) is 1.95. The lowest BCUT2D eigenvalue weighted by atomic mass is 9.83. The number of nitrogens with two attached hydrogens (primary N) is 1. The summed E-state index contributed by atoms with van der Waals surface area (Å²) in [7, 11) is 2.14. The Morgan fingerprint density at radius 2 is 1.80 bits per heavy atom. The molecule has 1 unspecified atom stereocenters. The van der Waals surface area contributed by atoms with Gasteiger partial charge in [0.15, 0.2) is 0 Å². The van der Waals surface area contributed by atoms with E-state index in [0.29, 0.717) is 0 Å². The molecule has 1 aliphatic heterocycles.